The number of hydrogen-bond donors (Lipinski definition) is 2. The Balaban J connectivity index is 3.11. The van der Waals surface area contributed by atoms with E-state index in [9.17, 15) is 8.42 Å². The molecule has 0 heterocycles. The maximum Gasteiger partial charge on any atom is 0.253 e. The summed E-state index contributed by atoms with van der Waals surface area (Å²) < 4.78 is 23.9. The minimum absolute atomic E-state index is 0.280. The Morgan fingerprint density at radius 3 is 2.47 bits per heavy atom. The third kappa shape index (κ3) is 3.78. The van der Waals surface area contributed by atoms with E-state index in [-0.39, 0.29) is 4.90 Å². The van der Waals surface area contributed by atoms with E-state index >= 15 is 0 Å². The van der Waals surface area contributed by atoms with Crippen LogP contribution in [0.4, 0.5) is 0 Å². The molecule has 0 aliphatic rings. The molecule has 17 heavy (non-hydrogen) atoms. The molecule has 96 valence electrons. The van der Waals surface area contributed by atoms with E-state index in [2.05, 4.69) is 10.1 Å². The van der Waals surface area contributed by atoms with Gasteiger partial charge in [0.15, 0.2) is 0 Å². The molecule has 0 saturated carbocycles. The third-order valence-corrected chi connectivity index (χ3v) is 3.78. The molecule has 0 atom stereocenters. The van der Waals surface area contributed by atoms with Crippen molar-refractivity contribution in [2.24, 2.45) is 0 Å². The highest BCUT2D eigenvalue weighted by Crippen LogP contribution is 2.15. The number of sulfonamides is 1. The molecular weight excluding hydrogens is 238 g/mol. The number of hydrogen-bond acceptors (Lipinski definition) is 4. The van der Waals surface area contributed by atoms with Crippen molar-refractivity contribution in [1.82, 2.24) is 15.2 Å². The van der Waals surface area contributed by atoms with Crippen LogP contribution in [-0.2, 0) is 16.6 Å². The summed E-state index contributed by atoms with van der Waals surface area (Å²) in [7, 11) is 1.64. The molecule has 0 amide bonds. The first-order valence-corrected chi connectivity index (χ1v) is 6.79. The zero-order valence-electron chi connectivity index (χ0n) is 10.6. The first kappa shape index (κ1) is 14.1. The maximum absolute atomic E-state index is 11.9. The van der Waals surface area contributed by atoms with Gasteiger partial charge in [-0.1, -0.05) is 6.07 Å². The molecule has 1 rings (SSSR count). The molecule has 0 fully saturated rings. The molecule has 0 aliphatic carbocycles. The van der Waals surface area contributed by atoms with Crippen molar-refractivity contribution >= 4 is 10.0 Å². The summed E-state index contributed by atoms with van der Waals surface area (Å²) in [4.78, 5) is 2.69. The summed E-state index contributed by atoms with van der Waals surface area (Å²) in [5.41, 5.74) is 2.05. The van der Waals surface area contributed by atoms with Gasteiger partial charge < -0.3 is 5.32 Å². The Morgan fingerprint density at radius 2 is 1.94 bits per heavy atom. The summed E-state index contributed by atoms with van der Waals surface area (Å²) in [6.45, 7) is 2.61. The van der Waals surface area contributed by atoms with E-state index in [1.54, 1.807) is 26.2 Å². The molecule has 0 unspecified atom stereocenters. The standard InChI is InChI=1S/C11H19N3O2S/c1-9-5-6-11(7-10(9)8-12-2)17(15,16)13-14(3)4/h5-7,12-13H,8H2,1-4H3. The maximum atomic E-state index is 11.9. The molecule has 0 aliphatic heterocycles. The summed E-state index contributed by atoms with van der Waals surface area (Å²) in [5, 5.41) is 4.43. The molecule has 6 heteroatoms. The molecule has 0 saturated heterocycles. The van der Waals surface area contributed by atoms with E-state index in [1.165, 1.54) is 5.01 Å². The zero-order valence-corrected chi connectivity index (χ0v) is 11.4. The van der Waals surface area contributed by atoms with Gasteiger partial charge in [0.05, 0.1) is 4.90 Å². The minimum Gasteiger partial charge on any atom is -0.316 e. The molecular formula is C11H19N3O2S. The summed E-state index contributed by atoms with van der Waals surface area (Å²) in [6.07, 6.45) is 0. The van der Waals surface area contributed by atoms with Crippen LogP contribution in [0.15, 0.2) is 23.1 Å². The lowest BCUT2D eigenvalue weighted by Crippen LogP contribution is -2.36. The summed E-state index contributed by atoms with van der Waals surface area (Å²) in [6, 6.07) is 5.12. The SMILES string of the molecule is CNCc1cc(S(=O)(=O)NN(C)C)ccc1C. The number of nitrogens with zero attached hydrogens (tertiary/aromatic N) is 1. The van der Waals surface area contributed by atoms with Crippen molar-refractivity contribution in [3.05, 3.63) is 29.3 Å². The average molecular weight is 257 g/mol. The molecule has 0 radical (unpaired) electrons. The van der Waals surface area contributed by atoms with Crippen molar-refractivity contribution in [1.29, 1.82) is 0 Å². The van der Waals surface area contributed by atoms with Gasteiger partial charge >= 0.3 is 0 Å². The topological polar surface area (TPSA) is 61.4 Å². The van der Waals surface area contributed by atoms with Gasteiger partial charge in [-0.3, -0.25) is 0 Å². The van der Waals surface area contributed by atoms with Gasteiger partial charge in [-0.25, -0.2) is 13.4 Å². The molecule has 1 aromatic carbocycles. The van der Waals surface area contributed by atoms with Gasteiger partial charge in [0, 0.05) is 20.6 Å². The third-order valence-electron chi connectivity index (χ3n) is 2.30. The van der Waals surface area contributed by atoms with E-state index in [0.29, 0.717) is 6.54 Å². The molecule has 2 N–H and O–H groups in total. The van der Waals surface area contributed by atoms with E-state index < -0.39 is 10.0 Å². The number of hydrazine groups is 1. The van der Waals surface area contributed by atoms with Gasteiger partial charge in [-0.2, -0.15) is 0 Å². The lowest BCUT2D eigenvalue weighted by atomic mass is 10.1. The van der Waals surface area contributed by atoms with Gasteiger partial charge in [0.1, 0.15) is 0 Å². The normalized spacial score (nSPS) is 12.1. The lowest BCUT2D eigenvalue weighted by Gasteiger charge is -2.14. The fraction of sp³-hybridized carbons (Fsp3) is 0.455. The number of aryl methyl sites for hydroxylation is 1. The highest BCUT2D eigenvalue weighted by atomic mass is 32.2. The Bertz CT molecular complexity index is 483. The van der Waals surface area contributed by atoms with Crippen LogP contribution >= 0.6 is 0 Å². The smallest absolute Gasteiger partial charge is 0.253 e. The van der Waals surface area contributed by atoms with E-state index in [0.717, 1.165) is 11.1 Å². The van der Waals surface area contributed by atoms with Crippen molar-refractivity contribution in [2.45, 2.75) is 18.4 Å². The molecule has 0 aromatic heterocycles. The highest BCUT2D eigenvalue weighted by Gasteiger charge is 2.15. The average Bonchev–Trinajstić information content (AvgIpc) is 2.19. The van der Waals surface area contributed by atoms with Gasteiger partial charge in [0.2, 0.25) is 0 Å². The van der Waals surface area contributed by atoms with Crippen molar-refractivity contribution in [3.8, 4) is 0 Å². The first-order chi connectivity index (χ1) is 7.86. The second kappa shape index (κ2) is 5.59. The second-order valence-corrected chi connectivity index (χ2v) is 5.77. The fourth-order valence-corrected chi connectivity index (χ4v) is 2.62. The monoisotopic (exact) mass is 257 g/mol. The Labute approximate surface area is 103 Å². The quantitative estimate of drug-likeness (QED) is 0.753. The predicted octanol–water partition coefficient (Wildman–Crippen LogP) is 0.469. The number of nitrogens with one attached hydrogen (secondary N) is 2. The lowest BCUT2D eigenvalue weighted by molar-refractivity contribution is 0.364. The summed E-state index contributed by atoms with van der Waals surface area (Å²) >= 11 is 0. The largest absolute Gasteiger partial charge is 0.316 e. The number of benzene rings is 1. The Morgan fingerprint density at radius 1 is 1.29 bits per heavy atom. The van der Waals surface area contributed by atoms with Crippen molar-refractivity contribution in [3.63, 3.8) is 0 Å². The zero-order chi connectivity index (χ0) is 13.1. The number of rotatable bonds is 5. The first-order valence-electron chi connectivity index (χ1n) is 5.30. The van der Waals surface area contributed by atoms with Crippen molar-refractivity contribution < 1.29 is 8.42 Å². The highest BCUT2D eigenvalue weighted by molar-refractivity contribution is 7.89. The second-order valence-electron chi connectivity index (χ2n) is 4.11. The van der Waals surface area contributed by atoms with Crippen LogP contribution in [0.5, 0.6) is 0 Å². The van der Waals surface area contributed by atoms with E-state index in [4.69, 9.17) is 0 Å². The van der Waals surface area contributed by atoms with Crippen LogP contribution in [0.3, 0.4) is 0 Å². The van der Waals surface area contributed by atoms with Crippen LogP contribution < -0.4 is 10.1 Å². The van der Waals surface area contributed by atoms with E-state index in [1.807, 2.05) is 20.0 Å². The van der Waals surface area contributed by atoms with Gasteiger partial charge in [0.25, 0.3) is 10.0 Å². The summed E-state index contributed by atoms with van der Waals surface area (Å²) in [5.74, 6) is 0. The molecule has 1 aromatic rings. The Kier molecular flexibility index (Phi) is 4.64. The van der Waals surface area contributed by atoms with Gasteiger partial charge in [-0.05, 0) is 37.2 Å². The van der Waals surface area contributed by atoms with Crippen LogP contribution in [0.2, 0.25) is 0 Å². The van der Waals surface area contributed by atoms with Gasteiger partial charge in [-0.15, -0.1) is 4.83 Å². The fourth-order valence-electron chi connectivity index (χ4n) is 1.49. The van der Waals surface area contributed by atoms with Crippen LogP contribution in [0, 0.1) is 6.92 Å². The Hall–Kier alpha value is -0.950. The van der Waals surface area contributed by atoms with Crippen LogP contribution in [0.25, 0.3) is 0 Å². The van der Waals surface area contributed by atoms with Crippen LogP contribution in [0.1, 0.15) is 11.1 Å². The molecule has 5 nitrogen and oxygen atoms in total. The molecule has 0 bridgehead atoms. The van der Waals surface area contributed by atoms with Crippen molar-refractivity contribution in [2.75, 3.05) is 21.1 Å². The van der Waals surface area contributed by atoms with Crippen LogP contribution in [-0.4, -0.2) is 34.6 Å². The minimum atomic E-state index is -3.47. The molecule has 0 spiro atoms. The predicted molar refractivity (Wildman–Crippen MR) is 68.0 cm³/mol.